The zero-order valence-electron chi connectivity index (χ0n) is 17.1. The molecule has 152 valence electrons. The number of nitriles is 1. The molecule has 0 bridgehead atoms. The number of nitrogens with zero attached hydrogens (tertiary/aromatic N) is 2. The number of esters is 1. The summed E-state index contributed by atoms with van der Waals surface area (Å²) in [5, 5.41) is 9.95. The molecule has 0 aliphatic rings. The SMILES string of the molecule is CCOC(=O)[C@H](C)Sc1nc(-c2ccccc2)cc(-c2ccc(OC)cc2)c1C#N. The van der Waals surface area contributed by atoms with Crippen LogP contribution in [0.5, 0.6) is 5.75 Å². The topological polar surface area (TPSA) is 72.2 Å². The fourth-order valence-electron chi connectivity index (χ4n) is 2.95. The van der Waals surface area contributed by atoms with Crippen LogP contribution in [0, 0.1) is 11.3 Å². The normalized spacial score (nSPS) is 11.4. The molecular formula is C24H22N2O3S. The largest absolute Gasteiger partial charge is 0.497 e. The minimum Gasteiger partial charge on any atom is -0.497 e. The van der Waals surface area contributed by atoms with Crippen LogP contribution in [0.15, 0.2) is 65.7 Å². The molecule has 3 aromatic rings. The Morgan fingerprint density at radius 2 is 1.83 bits per heavy atom. The number of thioether (sulfide) groups is 1. The molecule has 0 saturated carbocycles. The predicted octanol–water partition coefficient (Wildman–Crippen LogP) is 5.34. The number of aromatic nitrogens is 1. The van der Waals surface area contributed by atoms with Crippen LogP contribution in [0.3, 0.4) is 0 Å². The average molecular weight is 419 g/mol. The second-order valence-corrected chi connectivity index (χ2v) is 7.78. The summed E-state index contributed by atoms with van der Waals surface area (Å²) in [6.45, 7) is 3.84. The van der Waals surface area contributed by atoms with Gasteiger partial charge in [0, 0.05) is 11.1 Å². The van der Waals surface area contributed by atoms with Gasteiger partial charge in [0.1, 0.15) is 22.1 Å². The number of pyridine rings is 1. The number of carbonyl (C=O) groups is 1. The second kappa shape index (κ2) is 9.95. The Labute approximate surface area is 180 Å². The van der Waals surface area contributed by atoms with Crippen molar-refractivity contribution in [2.75, 3.05) is 13.7 Å². The van der Waals surface area contributed by atoms with Gasteiger partial charge in [0.2, 0.25) is 0 Å². The molecule has 5 nitrogen and oxygen atoms in total. The molecular weight excluding hydrogens is 396 g/mol. The maximum atomic E-state index is 12.2. The van der Waals surface area contributed by atoms with Crippen molar-refractivity contribution in [1.82, 2.24) is 4.98 Å². The highest BCUT2D eigenvalue weighted by atomic mass is 32.2. The molecule has 0 aliphatic heterocycles. The predicted molar refractivity (Wildman–Crippen MR) is 118 cm³/mol. The molecule has 0 unspecified atom stereocenters. The zero-order chi connectivity index (χ0) is 21.5. The zero-order valence-corrected chi connectivity index (χ0v) is 17.9. The van der Waals surface area contributed by atoms with E-state index in [1.54, 1.807) is 21.0 Å². The van der Waals surface area contributed by atoms with Crippen molar-refractivity contribution in [2.24, 2.45) is 0 Å². The van der Waals surface area contributed by atoms with E-state index in [4.69, 9.17) is 14.5 Å². The van der Waals surface area contributed by atoms with Crippen LogP contribution in [-0.2, 0) is 9.53 Å². The van der Waals surface area contributed by atoms with Crippen molar-refractivity contribution in [1.29, 1.82) is 5.26 Å². The summed E-state index contributed by atoms with van der Waals surface area (Å²) in [6.07, 6.45) is 0. The van der Waals surface area contributed by atoms with Crippen LogP contribution >= 0.6 is 11.8 Å². The number of rotatable bonds is 7. The first kappa shape index (κ1) is 21.4. The average Bonchev–Trinajstić information content (AvgIpc) is 2.79. The van der Waals surface area contributed by atoms with Gasteiger partial charge in [-0.1, -0.05) is 54.2 Å². The van der Waals surface area contributed by atoms with E-state index >= 15 is 0 Å². The highest BCUT2D eigenvalue weighted by molar-refractivity contribution is 8.00. The fraction of sp³-hybridized carbons (Fsp3) is 0.208. The summed E-state index contributed by atoms with van der Waals surface area (Å²) in [6, 6.07) is 21.5. The van der Waals surface area contributed by atoms with E-state index in [1.807, 2.05) is 60.7 Å². The van der Waals surface area contributed by atoms with Crippen molar-refractivity contribution in [3.05, 3.63) is 66.2 Å². The van der Waals surface area contributed by atoms with Gasteiger partial charge in [0.25, 0.3) is 0 Å². The lowest BCUT2D eigenvalue weighted by atomic mass is 9.99. The van der Waals surface area contributed by atoms with E-state index in [0.29, 0.717) is 17.2 Å². The van der Waals surface area contributed by atoms with Gasteiger partial charge in [0.05, 0.1) is 25.0 Å². The first-order valence-electron chi connectivity index (χ1n) is 9.55. The summed E-state index contributed by atoms with van der Waals surface area (Å²) in [7, 11) is 1.61. The van der Waals surface area contributed by atoms with Gasteiger partial charge in [-0.15, -0.1) is 0 Å². The highest BCUT2D eigenvalue weighted by Gasteiger charge is 2.22. The Kier molecular flexibility index (Phi) is 7.10. The van der Waals surface area contributed by atoms with Gasteiger partial charge in [-0.3, -0.25) is 4.79 Å². The van der Waals surface area contributed by atoms with Crippen LogP contribution in [0.4, 0.5) is 0 Å². The Hall–Kier alpha value is -3.30. The number of hydrogen-bond donors (Lipinski definition) is 0. The number of hydrogen-bond acceptors (Lipinski definition) is 6. The molecule has 3 rings (SSSR count). The van der Waals surface area contributed by atoms with Crippen LogP contribution in [0.2, 0.25) is 0 Å². The van der Waals surface area contributed by atoms with Crippen LogP contribution in [-0.4, -0.2) is 29.9 Å². The number of benzene rings is 2. The van der Waals surface area contributed by atoms with E-state index < -0.39 is 5.25 Å². The van der Waals surface area contributed by atoms with Crippen LogP contribution in [0.25, 0.3) is 22.4 Å². The smallest absolute Gasteiger partial charge is 0.319 e. The maximum absolute atomic E-state index is 12.2. The summed E-state index contributed by atoms with van der Waals surface area (Å²) >= 11 is 1.24. The molecule has 1 heterocycles. The Morgan fingerprint density at radius 1 is 1.13 bits per heavy atom. The molecule has 2 aromatic carbocycles. The lowest BCUT2D eigenvalue weighted by Gasteiger charge is -2.15. The molecule has 0 spiro atoms. The number of methoxy groups -OCH3 is 1. The lowest BCUT2D eigenvalue weighted by molar-refractivity contribution is -0.142. The van der Waals surface area contributed by atoms with Gasteiger partial charge in [0.15, 0.2) is 0 Å². The van der Waals surface area contributed by atoms with Gasteiger partial charge >= 0.3 is 5.97 Å². The molecule has 6 heteroatoms. The second-order valence-electron chi connectivity index (χ2n) is 6.45. The summed E-state index contributed by atoms with van der Waals surface area (Å²) in [4.78, 5) is 16.9. The molecule has 0 N–H and O–H groups in total. The third-order valence-electron chi connectivity index (χ3n) is 4.48. The maximum Gasteiger partial charge on any atom is 0.319 e. The van der Waals surface area contributed by atoms with E-state index in [9.17, 15) is 10.1 Å². The Morgan fingerprint density at radius 3 is 2.43 bits per heavy atom. The Balaban J connectivity index is 2.14. The van der Waals surface area contributed by atoms with Gasteiger partial charge < -0.3 is 9.47 Å². The summed E-state index contributed by atoms with van der Waals surface area (Å²) in [5.74, 6) is 0.407. The van der Waals surface area contributed by atoms with Crippen molar-refractivity contribution >= 4 is 17.7 Å². The van der Waals surface area contributed by atoms with Gasteiger partial charge in [-0.2, -0.15) is 5.26 Å². The van der Waals surface area contributed by atoms with Crippen molar-refractivity contribution in [3.8, 4) is 34.2 Å². The van der Waals surface area contributed by atoms with Gasteiger partial charge in [-0.25, -0.2) is 4.98 Å². The monoisotopic (exact) mass is 418 g/mol. The molecule has 0 saturated heterocycles. The lowest BCUT2D eigenvalue weighted by Crippen LogP contribution is -2.17. The first-order chi connectivity index (χ1) is 14.6. The van der Waals surface area contributed by atoms with E-state index in [0.717, 1.165) is 28.1 Å². The number of carbonyl (C=O) groups excluding carboxylic acids is 1. The minimum absolute atomic E-state index is 0.309. The molecule has 0 aliphatic carbocycles. The standard InChI is InChI=1S/C24H22N2O3S/c1-4-29-24(27)16(2)30-23-21(15-25)20(17-10-12-19(28-3)13-11-17)14-22(26-23)18-8-6-5-7-9-18/h5-14,16H,4H2,1-3H3/t16-/m0/s1. The highest BCUT2D eigenvalue weighted by Crippen LogP contribution is 2.36. The molecule has 1 atom stereocenters. The summed E-state index contributed by atoms with van der Waals surface area (Å²) in [5.41, 5.74) is 3.73. The molecule has 0 radical (unpaired) electrons. The summed E-state index contributed by atoms with van der Waals surface area (Å²) < 4.78 is 10.4. The van der Waals surface area contributed by atoms with E-state index in [-0.39, 0.29) is 5.97 Å². The Bertz CT molecular complexity index is 1060. The molecule has 1 aromatic heterocycles. The first-order valence-corrected chi connectivity index (χ1v) is 10.4. The van der Waals surface area contributed by atoms with E-state index in [1.165, 1.54) is 11.8 Å². The third-order valence-corrected chi connectivity index (χ3v) is 5.54. The van der Waals surface area contributed by atoms with Gasteiger partial charge in [-0.05, 0) is 37.6 Å². The van der Waals surface area contributed by atoms with Crippen molar-refractivity contribution < 1.29 is 14.3 Å². The third kappa shape index (κ3) is 4.81. The number of ether oxygens (including phenoxy) is 2. The van der Waals surface area contributed by atoms with Crippen molar-refractivity contribution in [3.63, 3.8) is 0 Å². The van der Waals surface area contributed by atoms with E-state index in [2.05, 4.69) is 6.07 Å². The van der Waals surface area contributed by atoms with Crippen molar-refractivity contribution in [2.45, 2.75) is 24.1 Å². The fourth-order valence-corrected chi connectivity index (χ4v) is 3.87. The molecule has 0 fully saturated rings. The molecule has 30 heavy (non-hydrogen) atoms. The molecule has 0 amide bonds. The van der Waals surface area contributed by atoms with Crippen LogP contribution in [0.1, 0.15) is 19.4 Å². The van der Waals surface area contributed by atoms with Crippen LogP contribution < -0.4 is 4.74 Å². The quantitative estimate of drug-likeness (QED) is 0.381. The minimum atomic E-state index is -0.487.